The second-order valence-electron chi connectivity index (χ2n) is 4.47. The van der Waals surface area contributed by atoms with Gasteiger partial charge in [0, 0.05) is 18.5 Å². The minimum Gasteiger partial charge on any atom is -0.366 e. The van der Waals surface area contributed by atoms with Crippen LogP contribution < -0.4 is 11.1 Å². The van der Waals surface area contributed by atoms with Gasteiger partial charge in [0.05, 0.1) is 0 Å². The van der Waals surface area contributed by atoms with Crippen molar-refractivity contribution < 1.29 is 9.59 Å². The van der Waals surface area contributed by atoms with Crippen LogP contribution in [0.5, 0.6) is 0 Å². The summed E-state index contributed by atoms with van der Waals surface area (Å²) in [4.78, 5) is 22.8. The van der Waals surface area contributed by atoms with Crippen LogP contribution in [0.3, 0.4) is 0 Å². The molecule has 0 saturated carbocycles. The second kappa shape index (κ2) is 6.86. The van der Waals surface area contributed by atoms with E-state index in [0.29, 0.717) is 18.5 Å². The average molecular weight is 288 g/mol. The van der Waals surface area contributed by atoms with Crippen molar-refractivity contribution in [2.24, 2.45) is 5.73 Å². The first kappa shape index (κ1) is 14.3. The number of amides is 2. The summed E-state index contributed by atoms with van der Waals surface area (Å²) in [5.41, 5.74) is 7.72. The Bertz CT molecular complexity index is 594. The number of aryl methyl sites for hydroxylation is 1. The molecule has 0 saturated heterocycles. The van der Waals surface area contributed by atoms with Crippen molar-refractivity contribution in [3.63, 3.8) is 0 Å². The van der Waals surface area contributed by atoms with Crippen LogP contribution in [-0.4, -0.2) is 11.8 Å². The number of benzene rings is 1. The fourth-order valence-corrected chi connectivity index (χ4v) is 2.52. The van der Waals surface area contributed by atoms with Crippen LogP contribution in [0.15, 0.2) is 41.1 Å². The Labute approximate surface area is 121 Å². The van der Waals surface area contributed by atoms with Crippen LogP contribution in [-0.2, 0) is 17.8 Å². The summed E-state index contributed by atoms with van der Waals surface area (Å²) < 4.78 is 0. The summed E-state index contributed by atoms with van der Waals surface area (Å²) in [6.07, 6.45) is 1.21. The Hall–Kier alpha value is -2.14. The van der Waals surface area contributed by atoms with E-state index in [1.165, 1.54) is 5.56 Å². The highest BCUT2D eigenvalue weighted by atomic mass is 32.1. The Balaban J connectivity index is 1.81. The maximum Gasteiger partial charge on any atom is 0.248 e. The third kappa shape index (κ3) is 4.20. The van der Waals surface area contributed by atoms with Crippen molar-refractivity contribution in [1.29, 1.82) is 0 Å². The minimum atomic E-state index is -0.462. The van der Waals surface area contributed by atoms with Crippen LogP contribution in [0.1, 0.15) is 27.9 Å². The maximum absolute atomic E-state index is 11.7. The molecule has 0 unspecified atom stereocenters. The lowest BCUT2D eigenvalue weighted by Gasteiger charge is -2.06. The number of nitrogens with one attached hydrogen (secondary N) is 1. The Morgan fingerprint density at radius 3 is 2.75 bits per heavy atom. The summed E-state index contributed by atoms with van der Waals surface area (Å²) >= 11 is 1.63. The van der Waals surface area contributed by atoms with Crippen LogP contribution in [0.25, 0.3) is 0 Å². The Kier molecular flexibility index (Phi) is 4.90. The Morgan fingerprint density at radius 1 is 1.20 bits per heavy atom. The van der Waals surface area contributed by atoms with Crippen molar-refractivity contribution in [2.45, 2.75) is 19.4 Å². The number of hydrogen-bond donors (Lipinski definition) is 2. The SMILES string of the molecule is NC(=O)c1cccc(CNC(=O)CCc2ccsc2)c1. The summed E-state index contributed by atoms with van der Waals surface area (Å²) in [6, 6.07) is 8.98. The van der Waals surface area contributed by atoms with Crippen LogP contribution in [0, 0.1) is 0 Å². The van der Waals surface area contributed by atoms with Crippen LogP contribution >= 0.6 is 11.3 Å². The average Bonchev–Trinajstić information content (AvgIpc) is 2.96. The summed E-state index contributed by atoms with van der Waals surface area (Å²) in [5.74, 6) is -0.462. The van der Waals surface area contributed by atoms with Gasteiger partial charge in [-0.3, -0.25) is 9.59 Å². The van der Waals surface area contributed by atoms with Gasteiger partial charge in [0.2, 0.25) is 11.8 Å². The van der Waals surface area contributed by atoms with Gasteiger partial charge in [-0.25, -0.2) is 0 Å². The fourth-order valence-electron chi connectivity index (χ4n) is 1.82. The zero-order valence-electron chi connectivity index (χ0n) is 11.0. The first-order valence-corrected chi connectivity index (χ1v) is 7.26. The molecule has 0 radical (unpaired) electrons. The normalized spacial score (nSPS) is 10.2. The van der Waals surface area contributed by atoms with E-state index in [1.54, 1.807) is 29.5 Å². The highest BCUT2D eigenvalue weighted by Crippen LogP contribution is 2.08. The predicted molar refractivity (Wildman–Crippen MR) is 79.4 cm³/mol. The van der Waals surface area contributed by atoms with E-state index in [0.717, 1.165) is 12.0 Å². The lowest BCUT2D eigenvalue weighted by Crippen LogP contribution is -2.23. The summed E-state index contributed by atoms with van der Waals surface area (Å²) in [6.45, 7) is 0.406. The predicted octanol–water partition coefficient (Wildman–Crippen LogP) is 2.10. The smallest absolute Gasteiger partial charge is 0.248 e. The van der Waals surface area contributed by atoms with Gasteiger partial charge in [-0.1, -0.05) is 12.1 Å². The minimum absolute atomic E-state index is 0.000628. The van der Waals surface area contributed by atoms with Gasteiger partial charge in [0.1, 0.15) is 0 Å². The molecule has 3 N–H and O–H groups in total. The molecule has 0 atom stereocenters. The van der Waals surface area contributed by atoms with Gasteiger partial charge in [-0.05, 0) is 46.5 Å². The third-order valence-corrected chi connectivity index (χ3v) is 3.65. The molecule has 0 fully saturated rings. The topological polar surface area (TPSA) is 72.2 Å². The molecule has 0 aliphatic rings. The molecule has 2 aromatic rings. The molecule has 1 aromatic carbocycles. The number of thiophene rings is 1. The van der Waals surface area contributed by atoms with Gasteiger partial charge in [0.25, 0.3) is 0 Å². The maximum atomic E-state index is 11.7. The molecule has 4 nitrogen and oxygen atoms in total. The molecular weight excluding hydrogens is 272 g/mol. The first-order valence-electron chi connectivity index (χ1n) is 6.31. The lowest BCUT2D eigenvalue weighted by molar-refractivity contribution is -0.121. The fraction of sp³-hybridized carbons (Fsp3) is 0.200. The number of carbonyl (C=O) groups excluding carboxylic acids is 2. The molecular formula is C15H16N2O2S. The number of primary amides is 1. The molecule has 20 heavy (non-hydrogen) atoms. The van der Waals surface area contributed by atoms with E-state index < -0.39 is 5.91 Å². The largest absolute Gasteiger partial charge is 0.366 e. The number of carbonyl (C=O) groups is 2. The van der Waals surface area contributed by atoms with E-state index >= 15 is 0 Å². The van der Waals surface area contributed by atoms with Gasteiger partial charge < -0.3 is 11.1 Å². The van der Waals surface area contributed by atoms with Crippen molar-refractivity contribution in [3.8, 4) is 0 Å². The van der Waals surface area contributed by atoms with Gasteiger partial charge in [0.15, 0.2) is 0 Å². The van der Waals surface area contributed by atoms with Crippen molar-refractivity contribution in [3.05, 3.63) is 57.8 Å². The molecule has 5 heteroatoms. The van der Waals surface area contributed by atoms with Gasteiger partial charge >= 0.3 is 0 Å². The van der Waals surface area contributed by atoms with E-state index in [4.69, 9.17) is 5.73 Å². The van der Waals surface area contributed by atoms with E-state index in [1.807, 2.05) is 22.9 Å². The lowest BCUT2D eigenvalue weighted by atomic mass is 10.1. The number of nitrogens with two attached hydrogens (primary N) is 1. The molecule has 0 spiro atoms. The zero-order valence-corrected chi connectivity index (χ0v) is 11.8. The van der Waals surface area contributed by atoms with Crippen molar-refractivity contribution >= 4 is 23.2 Å². The highest BCUT2D eigenvalue weighted by Gasteiger charge is 2.04. The molecule has 1 heterocycles. The second-order valence-corrected chi connectivity index (χ2v) is 5.25. The van der Waals surface area contributed by atoms with E-state index in [9.17, 15) is 9.59 Å². The number of hydrogen-bond acceptors (Lipinski definition) is 3. The van der Waals surface area contributed by atoms with E-state index in [2.05, 4.69) is 5.32 Å². The Morgan fingerprint density at radius 2 is 2.05 bits per heavy atom. The highest BCUT2D eigenvalue weighted by molar-refractivity contribution is 7.07. The monoisotopic (exact) mass is 288 g/mol. The first-order chi connectivity index (χ1) is 9.65. The van der Waals surface area contributed by atoms with Crippen LogP contribution in [0.2, 0.25) is 0 Å². The molecule has 2 amide bonds. The molecule has 0 bridgehead atoms. The number of rotatable bonds is 6. The van der Waals surface area contributed by atoms with Gasteiger partial charge in [-0.2, -0.15) is 11.3 Å². The van der Waals surface area contributed by atoms with Crippen molar-refractivity contribution in [1.82, 2.24) is 5.32 Å². The molecule has 1 aromatic heterocycles. The van der Waals surface area contributed by atoms with E-state index in [-0.39, 0.29) is 5.91 Å². The molecule has 2 rings (SSSR count). The van der Waals surface area contributed by atoms with Crippen LogP contribution in [0.4, 0.5) is 0 Å². The van der Waals surface area contributed by atoms with Crippen molar-refractivity contribution in [2.75, 3.05) is 0 Å². The standard InChI is InChI=1S/C15H16N2O2S/c16-15(19)13-3-1-2-12(8-13)9-17-14(18)5-4-11-6-7-20-10-11/h1-3,6-8,10H,4-5,9H2,(H2,16,19)(H,17,18). The third-order valence-electron chi connectivity index (χ3n) is 2.92. The summed E-state index contributed by atoms with van der Waals surface area (Å²) in [7, 11) is 0. The summed E-state index contributed by atoms with van der Waals surface area (Å²) in [5, 5.41) is 6.89. The van der Waals surface area contributed by atoms with Gasteiger partial charge in [-0.15, -0.1) is 0 Å². The molecule has 0 aliphatic carbocycles. The molecule has 104 valence electrons. The molecule has 0 aliphatic heterocycles. The quantitative estimate of drug-likeness (QED) is 0.854. The zero-order chi connectivity index (χ0) is 14.4.